The van der Waals surface area contributed by atoms with Gasteiger partial charge in [0.25, 0.3) is 5.91 Å². The molecular weight excluding hydrogens is 232 g/mol. The maximum Gasteiger partial charge on any atom is 0.276 e. The lowest BCUT2D eigenvalue weighted by molar-refractivity contribution is 0.102. The molecular formula is C11H14N6O. The minimum Gasteiger partial charge on any atom is -0.396 e. The van der Waals surface area contributed by atoms with Crippen LogP contribution in [0, 0.1) is 0 Å². The second-order valence-corrected chi connectivity index (χ2v) is 4.13. The highest BCUT2D eigenvalue weighted by molar-refractivity contribution is 6.05. The molecule has 2 rings (SSSR count). The molecule has 0 bridgehead atoms. The molecule has 18 heavy (non-hydrogen) atoms. The Bertz CT molecular complexity index is 549. The van der Waals surface area contributed by atoms with Gasteiger partial charge in [-0.15, -0.1) is 0 Å². The van der Waals surface area contributed by atoms with Crippen molar-refractivity contribution in [2.75, 3.05) is 11.1 Å². The van der Waals surface area contributed by atoms with Gasteiger partial charge in [0.15, 0.2) is 5.69 Å². The molecule has 2 aromatic rings. The Morgan fingerprint density at radius 1 is 1.44 bits per heavy atom. The number of nitrogens with one attached hydrogen (secondary N) is 2. The average molecular weight is 246 g/mol. The van der Waals surface area contributed by atoms with E-state index in [-0.39, 0.29) is 23.2 Å². The molecule has 0 aromatic carbocycles. The minimum atomic E-state index is -0.377. The van der Waals surface area contributed by atoms with E-state index in [1.54, 1.807) is 6.20 Å². The van der Waals surface area contributed by atoms with Crippen LogP contribution >= 0.6 is 0 Å². The van der Waals surface area contributed by atoms with E-state index in [0.717, 1.165) is 0 Å². The first kappa shape index (κ1) is 12.0. The van der Waals surface area contributed by atoms with Gasteiger partial charge in [-0.25, -0.2) is 9.97 Å². The van der Waals surface area contributed by atoms with Gasteiger partial charge in [-0.05, 0) is 0 Å². The van der Waals surface area contributed by atoms with Gasteiger partial charge < -0.3 is 11.1 Å². The zero-order valence-electron chi connectivity index (χ0n) is 10.1. The Kier molecular flexibility index (Phi) is 3.22. The molecule has 7 nitrogen and oxygen atoms in total. The lowest BCUT2D eigenvalue weighted by Crippen LogP contribution is -2.17. The molecule has 0 fully saturated rings. The summed E-state index contributed by atoms with van der Waals surface area (Å²) in [6.45, 7) is 3.90. The van der Waals surface area contributed by atoms with Gasteiger partial charge in [0.05, 0.1) is 23.8 Å². The van der Waals surface area contributed by atoms with Crippen molar-refractivity contribution < 1.29 is 4.79 Å². The molecule has 4 N–H and O–H groups in total. The number of aromatic nitrogens is 4. The third-order valence-corrected chi connectivity index (χ3v) is 2.32. The number of aromatic amines is 1. The van der Waals surface area contributed by atoms with Crippen LogP contribution < -0.4 is 11.1 Å². The molecule has 1 amide bonds. The van der Waals surface area contributed by atoms with E-state index in [1.807, 2.05) is 13.8 Å². The first-order chi connectivity index (χ1) is 8.58. The standard InChI is InChI=1S/C11H14N6O/c1-6(2)10-13-5-8(12)9(17-10)11(18)16-7-3-14-15-4-7/h3-6H,12H2,1-2H3,(H,14,15)(H,16,18). The number of nitrogen functional groups attached to an aromatic ring is 1. The fraction of sp³-hybridized carbons (Fsp3) is 0.273. The number of anilines is 2. The summed E-state index contributed by atoms with van der Waals surface area (Å²) >= 11 is 0. The monoisotopic (exact) mass is 246 g/mol. The van der Waals surface area contributed by atoms with E-state index in [9.17, 15) is 4.79 Å². The first-order valence-corrected chi connectivity index (χ1v) is 5.50. The minimum absolute atomic E-state index is 0.131. The van der Waals surface area contributed by atoms with Crippen LogP contribution in [0.3, 0.4) is 0 Å². The number of carbonyl (C=O) groups is 1. The molecule has 0 atom stereocenters. The van der Waals surface area contributed by atoms with Crippen molar-refractivity contribution >= 4 is 17.3 Å². The number of nitrogens with zero attached hydrogens (tertiary/aromatic N) is 3. The zero-order chi connectivity index (χ0) is 13.1. The van der Waals surface area contributed by atoms with Gasteiger partial charge >= 0.3 is 0 Å². The molecule has 0 radical (unpaired) electrons. The molecule has 0 aliphatic carbocycles. The smallest absolute Gasteiger partial charge is 0.276 e. The molecule has 0 unspecified atom stereocenters. The summed E-state index contributed by atoms with van der Waals surface area (Å²) in [4.78, 5) is 20.2. The third-order valence-electron chi connectivity index (χ3n) is 2.32. The van der Waals surface area contributed by atoms with Gasteiger partial charge in [0, 0.05) is 12.1 Å². The van der Waals surface area contributed by atoms with Crippen molar-refractivity contribution in [2.24, 2.45) is 0 Å². The van der Waals surface area contributed by atoms with Gasteiger partial charge in [-0.3, -0.25) is 9.89 Å². The Morgan fingerprint density at radius 2 is 2.22 bits per heavy atom. The number of H-pyrrole nitrogens is 1. The summed E-state index contributed by atoms with van der Waals surface area (Å²) in [6.07, 6.45) is 4.52. The van der Waals surface area contributed by atoms with E-state index >= 15 is 0 Å². The Hall–Kier alpha value is -2.44. The largest absolute Gasteiger partial charge is 0.396 e. The van der Waals surface area contributed by atoms with Gasteiger partial charge in [0.2, 0.25) is 0 Å². The SMILES string of the molecule is CC(C)c1ncc(N)c(C(=O)Nc2cn[nH]c2)n1. The molecule has 0 aliphatic heterocycles. The quantitative estimate of drug-likeness (QED) is 0.752. The van der Waals surface area contributed by atoms with E-state index in [2.05, 4.69) is 25.5 Å². The first-order valence-electron chi connectivity index (χ1n) is 5.50. The van der Waals surface area contributed by atoms with Crippen LogP contribution in [0.4, 0.5) is 11.4 Å². The third kappa shape index (κ3) is 2.45. The Balaban J connectivity index is 2.26. The Morgan fingerprint density at radius 3 is 2.83 bits per heavy atom. The summed E-state index contributed by atoms with van der Waals surface area (Å²) < 4.78 is 0. The summed E-state index contributed by atoms with van der Waals surface area (Å²) in [5.74, 6) is 0.339. The van der Waals surface area contributed by atoms with Crippen LogP contribution in [0.1, 0.15) is 36.1 Å². The number of amides is 1. The summed E-state index contributed by atoms with van der Waals surface area (Å²) in [7, 11) is 0. The number of rotatable bonds is 3. The maximum absolute atomic E-state index is 12.0. The predicted molar refractivity (Wildman–Crippen MR) is 67.1 cm³/mol. The highest BCUT2D eigenvalue weighted by atomic mass is 16.1. The van der Waals surface area contributed by atoms with Crippen molar-refractivity contribution in [1.29, 1.82) is 0 Å². The molecule has 94 valence electrons. The molecule has 2 heterocycles. The normalized spacial score (nSPS) is 10.6. The molecule has 0 saturated heterocycles. The van der Waals surface area contributed by atoms with E-state index in [0.29, 0.717) is 11.5 Å². The summed E-state index contributed by atoms with van der Waals surface area (Å²) in [5, 5.41) is 8.98. The van der Waals surface area contributed by atoms with Gasteiger partial charge in [-0.2, -0.15) is 5.10 Å². The maximum atomic E-state index is 12.0. The molecule has 2 aromatic heterocycles. The van der Waals surface area contributed by atoms with Crippen LogP contribution in [0.5, 0.6) is 0 Å². The highest BCUT2D eigenvalue weighted by Crippen LogP contribution is 2.15. The van der Waals surface area contributed by atoms with Crippen LogP contribution in [0.15, 0.2) is 18.6 Å². The van der Waals surface area contributed by atoms with Crippen LogP contribution in [0.25, 0.3) is 0 Å². The fourth-order valence-corrected chi connectivity index (χ4v) is 1.37. The van der Waals surface area contributed by atoms with E-state index in [1.165, 1.54) is 12.4 Å². The predicted octanol–water partition coefficient (Wildman–Crippen LogP) is 1.16. The van der Waals surface area contributed by atoms with Crippen LogP contribution in [-0.4, -0.2) is 26.1 Å². The fourth-order valence-electron chi connectivity index (χ4n) is 1.37. The summed E-state index contributed by atoms with van der Waals surface area (Å²) in [6, 6.07) is 0. The molecule has 0 saturated carbocycles. The van der Waals surface area contributed by atoms with Crippen molar-refractivity contribution in [3.63, 3.8) is 0 Å². The van der Waals surface area contributed by atoms with E-state index < -0.39 is 0 Å². The molecule has 0 aliphatic rings. The van der Waals surface area contributed by atoms with Gasteiger partial charge in [0.1, 0.15) is 5.82 Å². The number of hydrogen-bond donors (Lipinski definition) is 3. The molecule has 0 spiro atoms. The lowest BCUT2D eigenvalue weighted by Gasteiger charge is -2.08. The van der Waals surface area contributed by atoms with Crippen molar-refractivity contribution in [3.05, 3.63) is 30.1 Å². The average Bonchev–Trinajstić information content (AvgIpc) is 2.81. The topological polar surface area (TPSA) is 110 Å². The van der Waals surface area contributed by atoms with Crippen molar-refractivity contribution in [1.82, 2.24) is 20.2 Å². The Labute approximate surface area is 104 Å². The second-order valence-electron chi connectivity index (χ2n) is 4.13. The zero-order valence-corrected chi connectivity index (χ0v) is 10.1. The van der Waals surface area contributed by atoms with Crippen LogP contribution in [-0.2, 0) is 0 Å². The number of hydrogen-bond acceptors (Lipinski definition) is 5. The van der Waals surface area contributed by atoms with Crippen molar-refractivity contribution in [2.45, 2.75) is 19.8 Å². The van der Waals surface area contributed by atoms with Crippen LogP contribution in [0.2, 0.25) is 0 Å². The number of carbonyl (C=O) groups excluding carboxylic acids is 1. The highest BCUT2D eigenvalue weighted by Gasteiger charge is 2.15. The van der Waals surface area contributed by atoms with Gasteiger partial charge in [-0.1, -0.05) is 13.8 Å². The molecule has 7 heteroatoms. The van der Waals surface area contributed by atoms with Crippen molar-refractivity contribution in [3.8, 4) is 0 Å². The lowest BCUT2D eigenvalue weighted by atomic mass is 10.2. The number of nitrogens with two attached hydrogens (primary N) is 1. The van der Waals surface area contributed by atoms with E-state index in [4.69, 9.17) is 5.73 Å². The summed E-state index contributed by atoms with van der Waals surface area (Å²) in [5.41, 5.74) is 6.70. The second kappa shape index (κ2) is 4.82.